The molecule has 1 aliphatic rings. The third-order valence-electron chi connectivity index (χ3n) is 3.07. The number of nitrogen functional groups attached to an aromatic ring is 1. The van der Waals surface area contributed by atoms with Crippen LogP contribution in [-0.4, -0.2) is 39.0 Å². The zero-order chi connectivity index (χ0) is 14.0. The highest BCUT2D eigenvalue weighted by Gasteiger charge is 2.29. The number of methoxy groups -OCH3 is 1. The van der Waals surface area contributed by atoms with E-state index in [1.807, 2.05) is 0 Å². The van der Waals surface area contributed by atoms with E-state index in [2.05, 4.69) is 5.32 Å². The van der Waals surface area contributed by atoms with E-state index in [0.717, 1.165) is 0 Å². The van der Waals surface area contributed by atoms with Crippen molar-refractivity contribution in [3.05, 3.63) is 23.8 Å². The Kier molecular flexibility index (Phi) is 3.66. The molecule has 2 rings (SSSR count). The molecular formula is C12H16N2O4S. The summed E-state index contributed by atoms with van der Waals surface area (Å²) >= 11 is 0. The molecule has 0 saturated carbocycles. The van der Waals surface area contributed by atoms with E-state index in [4.69, 9.17) is 10.5 Å². The van der Waals surface area contributed by atoms with Crippen LogP contribution < -0.4 is 15.8 Å². The third-order valence-corrected chi connectivity index (χ3v) is 4.84. The summed E-state index contributed by atoms with van der Waals surface area (Å²) in [5.74, 6) is 0.324. The van der Waals surface area contributed by atoms with E-state index in [-0.39, 0.29) is 23.5 Å². The van der Waals surface area contributed by atoms with Crippen molar-refractivity contribution in [2.75, 3.05) is 24.3 Å². The largest absolute Gasteiger partial charge is 0.497 e. The maximum Gasteiger partial charge on any atom is 0.253 e. The Labute approximate surface area is 111 Å². The minimum Gasteiger partial charge on any atom is -0.497 e. The number of ether oxygens (including phenoxy) is 1. The molecule has 1 aromatic carbocycles. The van der Waals surface area contributed by atoms with Crippen LogP contribution in [0.5, 0.6) is 5.75 Å². The molecule has 1 unspecified atom stereocenters. The van der Waals surface area contributed by atoms with Gasteiger partial charge in [-0.25, -0.2) is 8.42 Å². The Morgan fingerprint density at radius 3 is 2.74 bits per heavy atom. The normalized spacial score (nSPS) is 21.0. The van der Waals surface area contributed by atoms with Crippen molar-refractivity contribution in [2.45, 2.75) is 12.5 Å². The minimum absolute atomic E-state index is 0.00516. The molecule has 104 valence electrons. The minimum atomic E-state index is -3.01. The highest BCUT2D eigenvalue weighted by molar-refractivity contribution is 7.91. The molecule has 19 heavy (non-hydrogen) atoms. The molecule has 0 aliphatic carbocycles. The number of carbonyl (C=O) groups is 1. The molecule has 3 N–H and O–H groups in total. The zero-order valence-corrected chi connectivity index (χ0v) is 11.4. The highest BCUT2D eigenvalue weighted by atomic mass is 32.2. The second kappa shape index (κ2) is 5.08. The highest BCUT2D eigenvalue weighted by Crippen LogP contribution is 2.20. The van der Waals surface area contributed by atoms with Gasteiger partial charge in [0.2, 0.25) is 0 Å². The van der Waals surface area contributed by atoms with E-state index in [9.17, 15) is 13.2 Å². The summed E-state index contributed by atoms with van der Waals surface area (Å²) in [5.41, 5.74) is 6.39. The van der Waals surface area contributed by atoms with Crippen molar-refractivity contribution in [3.8, 4) is 5.75 Å². The molecule has 0 aromatic heterocycles. The van der Waals surface area contributed by atoms with Gasteiger partial charge in [-0.2, -0.15) is 0 Å². The molecular weight excluding hydrogens is 268 g/mol. The Morgan fingerprint density at radius 1 is 1.47 bits per heavy atom. The van der Waals surface area contributed by atoms with Crippen LogP contribution in [0.3, 0.4) is 0 Å². The SMILES string of the molecule is COc1ccc(C(=O)NC2CCS(=O)(=O)C2)c(N)c1. The number of hydrogen-bond donors (Lipinski definition) is 2. The van der Waals surface area contributed by atoms with Crippen LogP contribution in [0.2, 0.25) is 0 Å². The maximum atomic E-state index is 12.0. The summed E-state index contributed by atoms with van der Waals surface area (Å²) in [6, 6.07) is 4.42. The molecule has 0 radical (unpaired) electrons. The van der Waals surface area contributed by atoms with E-state index in [0.29, 0.717) is 23.4 Å². The molecule has 7 heteroatoms. The van der Waals surface area contributed by atoms with Crippen molar-refractivity contribution in [2.24, 2.45) is 0 Å². The topological polar surface area (TPSA) is 98.5 Å². The quantitative estimate of drug-likeness (QED) is 0.772. The Bertz CT molecular complexity index is 598. The second-order valence-corrected chi connectivity index (χ2v) is 6.76. The number of hydrogen-bond acceptors (Lipinski definition) is 5. The lowest BCUT2D eigenvalue weighted by molar-refractivity contribution is 0.0942. The Balaban J connectivity index is 2.08. The third kappa shape index (κ3) is 3.17. The van der Waals surface area contributed by atoms with Crippen LogP contribution in [-0.2, 0) is 9.84 Å². The molecule has 0 bridgehead atoms. The number of amides is 1. The monoisotopic (exact) mass is 284 g/mol. The summed E-state index contributed by atoms with van der Waals surface area (Å²) < 4.78 is 27.6. The first-order valence-electron chi connectivity index (χ1n) is 5.86. The van der Waals surface area contributed by atoms with Gasteiger partial charge in [0.25, 0.3) is 5.91 Å². The van der Waals surface area contributed by atoms with E-state index < -0.39 is 9.84 Å². The van der Waals surface area contributed by atoms with Crippen molar-refractivity contribution < 1.29 is 17.9 Å². The molecule has 1 saturated heterocycles. The van der Waals surface area contributed by atoms with Crippen LogP contribution in [0.15, 0.2) is 18.2 Å². The summed E-state index contributed by atoms with van der Waals surface area (Å²) in [6.07, 6.45) is 0.449. The van der Waals surface area contributed by atoms with E-state index >= 15 is 0 Å². The average Bonchev–Trinajstić information content (AvgIpc) is 2.68. The number of carbonyl (C=O) groups excluding carboxylic acids is 1. The Hall–Kier alpha value is -1.76. The first kappa shape index (κ1) is 13.7. The molecule has 1 heterocycles. The fourth-order valence-electron chi connectivity index (χ4n) is 2.05. The first-order valence-corrected chi connectivity index (χ1v) is 7.68. The van der Waals surface area contributed by atoms with Gasteiger partial charge < -0.3 is 15.8 Å². The lowest BCUT2D eigenvalue weighted by Crippen LogP contribution is -2.35. The standard InChI is InChI=1S/C12H16N2O4S/c1-18-9-2-3-10(11(13)6-9)12(15)14-8-4-5-19(16,17)7-8/h2-3,6,8H,4-5,7,13H2,1H3,(H,14,15). The van der Waals surface area contributed by atoms with Gasteiger partial charge in [0.1, 0.15) is 5.75 Å². The maximum absolute atomic E-state index is 12.0. The molecule has 1 fully saturated rings. The van der Waals surface area contributed by atoms with Crippen molar-refractivity contribution in [1.29, 1.82) is 0 Å². The average molecular weight is 284 g/mol. The predicted octanol–water partition coefficient (Wildman–Crippen LogP) is 0.194. The number of nitrogens with two attached hydrogens (primary N) is 1. The molecule has 0 spiro atoms. The van der Waals surface area contributed by atoms with E-state index in [1.165, 1.54) is 7.11 Å². The summed E-state index contributed by atoms with van der Waals surface area (Å²) in [7, 11) is -1.50. The van der Waals surface area contributed by atoms with Gasteiger partial charge in [0.15, 0.2) is 9.84 Å². The van der Waals surface area contributed by atoms with Gasteiger partial charge in [-0.3, -0.25) is 4.79 Å². The predicted molar refractivity (Wildman–Crippen MR) is 71.9 cm³/mol. The van der Waals surface area contributed by atoms with Gasteiger partial charge in [0.05, 0.1) is 24.2 Å². The number of benzene rings is 1. The molecule has 1 atom stereocenters. The van der Waals surface area contributed by atoms with Crippen molar-refractivity contribution in [1.82, 2.24) is 5.32 Å². The second-order valence-electron chi connectivity index (χ2n) is 4.53. The van der Waals surface area contributed by atoms with Gasteiger partial charge >= 0.3 is 0 Å². The number of anilines is 1. The van der Waals surface area contributed by atoms with E-state index in [1.54, 1.807) is 18.2 Å². The van der Waals surface area contributed by atoms with Crippen molar-refractivity contribution in [3.63, 3.8) is 0 Å². The van der Waals surface area contributed by atoms with Crippen LogP contribution in [0.1, 0.15) is 16.8 Å². The fourth-order valence-corrected chi connectivity index (χ4v) is 3.72. The Morgan fingerprint density at radius 2 is 2.21 bits per heavy atom. The summed E-state index contributed by atoms with van der Waals surface area (Å²) in [5, 5.41) is 2.69. The first-order chi connectivity index (χ1) is 8.91. The fraction of sp³-hybridized carbons (Fsp3) is 0.417. The van der Waals surface area contributed by atoms with Gasteiger partial charge in [-0.05, 0) is 18.6 Å². The lowest BCUT2D eigenvalue weighted by Gasteiger charge is -2.12. The number of rotatable bonds is 3. The van der Waals surface area contributed by atoms with Crippen LogP contribution in [0.25, 0.3) is 0 Å². The summed E-state index contributed by atoms with van der Waals surface area (Å²) in [6.45, 7) is 0. The van der Waals surface area contributed by atoms with Crippen molar-refractivity contribution >= 4 is 21.4 Å². The van der Waals surface area contributed by atoms with Crippen LogP contribution in [0.4, 0.5) is 5.69 Å². The number of nitrogens with one attached hydrogen (secondary N) is 1. The van der Waals surface area contributed by atoms with Crippen LogP contribution >= 0.6 is 0 Å². The molecule has 6 nitrogen and oxygen atoms in total. The molecule has 1 aromatic rings. The summed E-state index contributed by atoms with van der Waals surface area (Å²) in [4.78, 5) is 12.0. The number of sulfone groups is 1. The lowest BCUT2D eigenvalue weighted by atomic mass is 10.1. The molecule has 1 amide bonds. The van der Waals surface area contributed by atoms with Gasteiger partial charge in [-0.1, -0.05) is 0 Å². The zero-order valence-electron chi connectivity index (χ0n) is 10.5. The molecule has 1 aliphatic heterocycles. The van der Waals surface area contributed by atoms with Crippen LogP contribution in [0, 0.1) is 0 Å². The van der Waals surface area contributed by atoms with Gasteiger partial charge in [-0.15, -0.1) is 0 Å². The van der Waals surface area contributed by atoms with Gasteiger partial charge in [0, 0.05) is 17.8 Å². The smallest absolute Gasteiger partial charge is 0.253 e.